The molecule has 5 nitrogen and oxygen atoms in total. The van der Waals surface area contributed by atoms with Crippen LogP contribution in [0.25, 0.3) is 0 Å². The topological polar surface area (TPSA) is 60.9 Å². The molecule has 0 spiro atoms. The Bertz CT molecular complexity index is 375. The molecule has 0 radical (unpaired) electrons. The summed E-state index contributed by atoms with van der Waals surface area (Å²) in [6, 6.07) is -0.0524. The highest BCUT2D eigenvalue weighted by molar-refractivity contribution is 5.87. The number of rotatable bonds is 3. The highest BCUT2D eigenvalue weighted by Gasteiger charge is 2.39. The van der Waals surface area contributed by atoms with Crippen LogP contribution in [-0.4, -0.2) is 57.5 Å². The van der Waals surface area contributed by atoms with E-state index in [1.54, 1.807) is 4.90 Å². The lowest BCUT2D eigenvalue weighted by Gasteiger charge is -2.39. The normalized spacial score (nSPS) is 33.1. The van der Waals surface area contributed by atoms with Crippen LogP contribution >= 0.6 is 0 Å². The number of nitrogens with zero attached hydrogens (tertiary/aromatic N) is 2. The van der Waals surface area contributed by atoms with E-state index < -0.39 is 12.0 Å². The first kappa shape index (κ1) is 15.3. The summed E-state index contributed by atoms with van der Waals surface area (Å²) in [5.41, 5.74) is 0. The first-order chi connectivity index (χ1) is 9.43. The number of aliphatic carboxylic acids is 1. The second-order valence-corrected chi connectivity index (χ2v) is 6.28. The molecule has 5 heteroatoms. The van der Waals surface area contributed by atoms with Crippen molar-refractivity contribution in [2.75, 3.05) is 6.54 Å². The van der Waals surface area contributed by atoms with Crippen LogP contribution in [-0.2, 0) is 9.59 Å². The van der Waals surface area contributed by atoms with E-state index in [-0.39, 0.29) is 11.9 Å². The largest absolute Gasteiger partial charge is 0.480 e. The quantitative estimate of drug-likeness (QED) is 0.856. The van der Waals surface area contributed by atoms with Crippen LogP contribution in [0.4, 0.5) is 0 Å². The molecule has 1 amide bonds. The Balaban J connectivity index is 2.10. The van der Waals surface area contributed by atoms with Gasteiger partial charge in [0.05, 0.1) is 6.04 Å². The van der Waals surface area contributed by atoms with Crippen molar-refractivity contribution in [3.8, 4) is 0 Å². The van der Waals surface area contributed by atoms with Crippen LogP contribution in [0.5, 0.6) is 0 Å². The first-order valence-corrected chi connectivity index (χ1v) is 7.74. The number of amides is 1. The van der Waals surface area contributed by atoms with E-state index in [0.29, 0.717) is 25.0 Å². The van der Waals surface area contributed by atoms with E-state index >= 15 is 0 Å². The van der Waals surface area contributed by atoms with Crippen LogP contribution < -0.4 is 0 Å². The molecule has 2 heterocycles. The Labute approximate surface area is 120 Å². The molecule has 0 aliphatic carbocycles. The lowest BCUT2D eigenvalue weighted by atomic mass is 10.0. The fourth-order valence-electron chi connectivity index (χ4n) is 3.80. The van der Waals surface area contributed by atoms with E-state index in [1.807, 2.05) is 6.92 Å². The van der Waals surface area contributed by atoms with Gasteiger partial charge in [-0.1, -0.05) is 0 Å². The van der Waals surface area contributed by atoms with Crippen LogP contribution in [0.1, 0.15) is 52.9 Å². The zero-order chi connectivity index (χ0) is 14.9. The summed E-state index contributed by atoms with van der Waals surface area (Å²) in [7, 11) is 0. The summed E-state index contributed by atoms with van der Waals surface area (Å²) in [5, 5.41) is 9.30. The summed E-state index contributed by atoms with van der Waals surface area (Å²) >= 11 is 0. The fourth-order valence-corrected chi connectivity index (χ4v) is 3.80. The first-order valence-electron chi connectivity index (χ1n) is 7.74. The zero-order valence-electron chi connectivity index (χ0n) is 12.7. The van der Waals surface area contributed by atoms with Crippen molar-refractivity contribution in [2.45, 2.75) is 77.0 Å². The van der Waals surface area contributed by atoms with E-state index in [2.05, 4.69) is 18.7 Å². The van der Waals surface area contributed by atoms with Crippen molar-refractivity contribution in [1.82, 2.24) is 9.80 Å². The van der Waals surface area contributed by atoms with E-state index in [1.165, 1.54) is 0 Å². The Morgan fingerprint density at radius 1 is 1.10 bits per heavy atom. The van der Waals surface area contributed by atoms with Crippen molar-refractivity contribution >= 4 is 11.9 Å². The maximum atomic E-state index is 12.7. The smallest absolute Gasteiger partial charge is 0.326 e. The number of hydrogen-bond acceptors (Lipinski definition) is 3. The van der Waals surface area contributed by atoms with Crippen molar-refractivity contribution in [1.29, 1.82) is 0 Å². The Morgan fingerprint density at radius 2 is 1.70 bits per heavy atom. The average Bonchev–Trinajstić information content (AvgIpc) is 2.76. The van der Waals surface area contributed by atoms with Gasteiger partial charge in [-0.15, -0.1) is 0 Å². The number of carbonyl (C=O) groups excluding carboxylic acids is 1. The SMILES string of the molecule is CC1CCC(C)N1C(C)C(=O)N1CCCC[C@H]1C(=O)O. The number of hydrogen-bond donors (Lipinski definition) is 1. The van der Waals surface area contributed by atoms with Gasteiger partial charge in [-0.05, 0) is 52.9 Å². The van der Waals surface area contributed by atoms with E-state index in [0.717, 1.165) is 25.7 Å². The molecule has 114 valence electrons. The highest BCUT2D eigenvalue weighted by atomic mass is 16.4. The van der Waals surface area contributed by atoms with Crippen LogP contribution in [0.2, 0.25) is 0 Å². The molecule has 0 saturated carbocycles. The van der Waals surface area contributed by atoms with Crippen molar-refractivity contribution in [3.05, 3.63) is 0 Å². The van der Waals surface area contributed by atoms with Gasteiger partial charge in [-0.2, -0.15) is 0 Å². The van der Waals surface area contributed by atoms with Gasteiger partial charge in [-0.25, -0.2) is 4.79 Å². The molecular weight excluding hydrogens is 256 g/mol. The summed E-state index contributed by atoms with van der Waals surface area (Å²) < 4.78 is 0. The Morgan fingerprint density at radius 3 is 2.25 bits per heavy atom. The zero-order valence-corrected chi connectivity index (χ0v) is 12.7. The molecule has 0 bridgehead atoms. The molecule has 2 aliphatic rings. The maximum absolute atomic E-state index is 12.7. The van der Waals surface area contributed by atoms with Gasteiger partial charge >= 0.3 is 5.97 Å². The fraction of sp³-hybridized carbons (Fsp3) is 0.867. The number of carboxylic acids is 1. The third-order valence-electron chi connectivity index (χ3n) is 4.90. The minimum absolute atomic E-state index is 0.0160. The van der Waals surface area contributed by atoms with Crippen molar-refractivity contribution < 1.29 is 14.7 Å². The molecule has 20 heavy (non-hydrogen) atoms. The van der Waals surface area contributed by atoms with Crippen molar-refractivity contribution in [3.63, 3.8) is 0 Å². The highest BCUT2D eigenvalue weighted by Crippen LogP contribution is 2.28. The molecular formula is C15H26N2O3. The molecule has 1 N–H and O–H groups in total. The van der Waals surface area contributed by atoms with Gasteiger partial charge in [-0.3, -0.25) is 9.69 Å². The van der Waals surface area contributed by atoms with Crippen molar-refractivity contribution in [2.24, 2.45) is 0 Å². The summed E-state index contributed by atoms with van der Waals surface area (Å²) in [6.07, 6.45) is 4.61. The Kier molecular flexibility index (Phi) is 4.68. The predicted octanol–water partition coefficient (Wildman–Crippen LogP) is 1.71. The lowest BCUT2D eigenvalue weighted by molar-refractivity contribution is -0.154. The predicted molar refractivity (Wildman–Crippen MR) is 76.4 cm³/mol. The number of carbonyl (C=O) groups is 2. The van der Waals surface area contributed by atoms with Gasteiger partial charge in [0.15, 0.2) is 0 Å². The van der Waals surface area contributed by atoms with Gasteiger partial charge in [0.1, 0.15) is 6.04 Å². The maximum Gasteiger partial charge on any atom is 0.326 e. The number of piperidine rings is 1. The molecule has 0 aromatic rings. The van der Waals surface area contributed by atoms with Crippen LogP contribution in [0.3, 0.4) is 0 Å². The van der Waals surface area contributed by atoms with Crippen LogP contribution in [0.15, 0.2) is 0 Å². The minimum atomic E-state index is -0.868. The standard InChI is InChI=1S/C15H26N2O3/c1-10-7-8-11(2)17(10)12(3)14(18)16-9-5-4-6-13(16)15(19)20/h10-13H,4-9H2,1-3H3,(H,19,20)/t10?,11?,12?,13-/m0/s1. The monoisotopic (exact) mass is 282 g/mol. The minimum Gasteiger partial charge on any atom is -0.480 e. The second kappa shape index (κ2) is 6.12. The van der Waals surface area contributed by atoms with Gasteiger partial charge in [0.2, 0.25) is 5.91 Å². The molecule has 2 fully saturated rings. The third-order valence-corrected chi connectivity index (χ3v) is 4.90. The number of likely N-dealkylation sites (tertiary alicyclic amines) is 2. The number of carboxylic acid groups (broad SMARTS) is 1. The van der Waals surface area contributed by atoms with Gasteiger partial charge < -0.3 is 10.0 Å². The molecule has 0 aromatic carbocycles. The molecule has 0 aromatic heterocycles. The average molecular weight is 282 g/mol. The Hall–Kier alpha value is -1.10. The summed E-state index contributed by atoms with van der Waals surface area (Å²) in [5.74, 6) is -0.884. The van der Waals surface area contributed by atoms with E-state index in [9.17, 15) is 14.7 Å². The summed E-state index contributed by atoms with van der Waals surface area (Å²) in [4.78, 5) is 27.9. The van der Waals surface area contributed by atoms with Gasteiger partial charge in [0, 0.05) is 18.6 Å². The molecule has 3 unspecified atom stereocenters. The van der Waals surface area contributed by atoms with Crippen LogP contribution in [0, 0.1) is 0 Å². The lowest BCUT2D eigenvalue weighted by Crippen LogP contribution is -2.56. The third kappa shape index (κ3) is 2.82. The molecule has 4 atom stereocenters. The second-order valence-electron chi connectivity index (χ2n) is 6.28. The molecule has 2 rings (SSSR count). The summed E-state index contributed by atoms with van der Waals surface area (Å²) in [6.45, 7) is 6.81. The van der Waals surface area contributed by atoms with E-state index in [4.69, 9.17) is 0 Å². The molecule has 2 aliphatic heterocycles. The molecule has 2 saturated heterocycles. The van der Waals surface area contributed by atoms with Gasteiger partial charge in [0.25, 0.3) is 0 Å².